The number of nitrogens with zero attached hydrogens (tertiary/aromatic N) is 5. The fourth-order valence-electron chi connectivity index (χ4n) is 1.88. The van der Waals surface area contributed by atoms with Gasteiger partial charge in [-0.15, -0.1) is 11.8 Å². The van der Waals surface area contributed by atoms with Crippen LogP contribution >= 0.6 is 11.8 Å². The molecule has 1 aromatic heterocycles. The number of ether oxygens (including phenoxy) is 2. The number of carbonyl (C=O) groups excluding carboxylic acids is 1. The summed E-state index contributed by atoms with van der Waals surface area (Å²) in [5.74, 6) is 0.676. The normalized spacial score (nSPS) is 18.2. The summed E-state index contributed by atoms with van der Waals surface area (Å²) in [5.41, 5.74) is 0. The van der Waals surface area contributed by atoms with Gasteiger partial charge in [-0.25, -0.2) is 13.2 Å². The minimum Gasteiger partial charge on any atom is -0.481 e. The summed E-state index contributed by atoms with van der Waals surface area (Å²) >= 11 is 1.13. The van der Waals surface area contributed by atoms with Crippen molar-refractivity contribution in [1.29, 1.82) is 0 Å². The van der Waals surface area contributed by atoms with Crippen LogP contribution in [0, 0.1) is 0 Å². The number of hydroxylamine groups is 2. The molecule has 12 nitrogen and oxygen atoms in total. The molecule has 0 saturated carbocycles. The van der Waals surface area contributed by atoms with E-state index >= 15 is 0 Å². The zero-order chi connectivity index (χ0) is 19.2. The van der Waals surface area contributed by atoms with E-state index in [9.17, 15) is 13.2 Å². The van der Waals surface area contributed by atoms with Crippen molar-refractivity contribution < 1.29 is 27.5 Å². The van der Waals surface area contributed by atoms with Crippen molar-refractivity contribution in [3.8, 4) is 11.8 Å². The molecule has 1 fully saturated rings. The number of hydrogen-bond donors (Lipinski definition) is 1. The molecule has 1 saturated heterocycles. The minimum atomic E-state index is -4.07. The number of thioether (sulfide) groups is 1. The Kier molecular flexibility index (Phi) is 7.07. The van der Waals surface area contributed by atoms with Gasteiger partial charge in [0.15, 0.2) is 0 Å². The number of urea groups is 1. The summed E-state index contributed by atoms with van der Waals surface area (Å²) in [4.78, 5) is 24.8. The average molecular weight is 406 g/mol. The SMILES string of the molecule is CCON1CCSC1S(=O)(=O)N=NC(=O)Nc1nc(OC)cc(OC)n1. The second-order valence-corrected chi connectivity index (χ2v) is 7.77. The second kappa shape index (κ2) is 9.07. The van der Waals surface area contributed by atoms with Crippen LogP contribution in [0.15, 0.2) is 15.7 Å². The summed E-state index contributed by atoms with van der Waals surface area (Å²) in [7, 11) is -1.32. The first-order valence-electron chi connectivity index (χ1n) is 7.35. The number of hydrogen-bond acceptors (Lipinski definition) is 10. The highest BCUT2D eigenvalue weighted by molar-refractivity contribution is 8.13. The Bertz CT molecular complexity index is 751. The molecule has 1 aromatic rings. The Hall–Kier alpha value is -2.03. The zero-order valence-corrected chi connectivity index (χ0v) is 15.9. The zero-order valence-electron chi connectivity index (χ0n) is 14.3. The molecule has 0 aromatic carbocycles. The first-order valence-corrected chi connectivity index (χ1v) is 9.90. The fraction of sp³-hybridized carbons (Fsp3) is 0.583. The summed E-state index contributed by atoms with van der Waals surface area (Å²) in [6.45, 7) is 2.49. The molecule has 0 bridgehead atoms. The lowest BCUT2D eigenvalue weighted by molar-refractivity contribution is -0.139. The van der Waals surface area contributed by atoms with Crippen LogP contribution in [0.3, 0.4) is 0 Å². The summed E-state index contributed by atoms with van der Waals surface area (Å²) in [5, 5.41) is 6.66. The number of amides is 2. The van der Waals surface area contributed by atoms with Gasteiger partial charge < -0.3 is 9.47 Å². The molecule has 0 spiro atoms. The minimum absolute atomic E-state index is 0.145. The van der Waals surface area contributed by atoms with Crippen LogP contribution in [0.2, 0.25) is 0 Å². The van der Waals surface area contributed by atoms with Crippen molar-refractivity contribution in [2.75, 3.05) is 38.4 Å². The predicted octanol–water partition coefficient (Wildman–Crippen LogP) is 1.09. The lowest BCUT2D eigenvalue weighted by Gasteiger charge is -2.19. The number of rotatable bonds is 7. The molecule has 1 aliphatic heterocycles. The number of sulfonamides is 1. The molecule has 1 atom stereocenters. The lowest BCUT2D eigenvalue weighted by Crippen LogP contribution is -2.33. The highest BCUT2D eigenvalue weighted by Gasteiger charge is 2.37. The quantitative estimate of drug-likeness (QED) is 0.653. The molecule has 144 valence electrons. The largest absolute Gasteiger partial charge is 0.481 e. The van der Waals surface area contributed by atoms with Crippen molar-refractivity contribution in [1.82, 2.24) is 15.0 Å². The predicted molar refractivity (Wildman–Crippen MR) is 92.5 cm³/mol. The Morgan fingerprint density at radius 3 is 2.62 bits per heavy atom. The van der Waals surface area contributed by atoms with Crippen LogP contribution in [0.25, 0.3) is 0 Å². The Labute approximate surface area is 154 Å². The van der Waals surface area contributed by atoms with Gasteiger partial charge in [-0.1, -0.05) is 9.63 Å². The van der Waals surface area contributed by atoms with E-state index in [1.165, 1.54) is 25.3 Å². The van der Waals surface area contributed by atoms with Crippen LogP contribution in [0.1, 0.15) is 6.92 Å². The average Bonchev–Trinajstić information content (AvgIpc) is 3.09. The maximum absolute atomic E-state index is 12.2. The maximum atomic E-state index is 12.2. The third-order valence-electron chi connectivity index (χ3n) is 2.92. The van der Waals surface area contributed by atoms with Crippen LogP contribution in [0.4, 0.5) is 10.7 Å². The van der Waals surface area contributed by atoms with E-state index in [2.05, 4.69) is 24.9 Å². The molecule has 1 aliphatic rings. The number of anilines is 1. The number of carbonyl (C=O) groups is 1. The van der Waals surface area contributed by atoms with Crippen molar-refractivity contribution in [3.63, 3.8) is 0 Å². The van der Waals surface area contributed by atoms with Crippen molar-refractivity contribution in [3.05, 3.63) is 6.07 Å². The van der Waals surface area contributed by atoms with E-state index < -0.39 is 20.8 Å². The van der Waals surface area contributed by atoms with Gasteiger partial charge in [0, 0.05) is 12.3 Å². The van der Waals surface area contributed by atoms with E-state index in [-0.39, 0.29) is 17.7 Å². The monoisotopic (exact) mass is 406 g/mol. The third-order valence-corrected chi connectivity index (χ3v) is 6.05. The topological polar surface area (TPSA) is 145 Å². The molecule has 2 rings (SSSR count). The number of nitrogens with one attached hydrogen (secondary N) is 1. The summed E-state index contributed by atoms with van der Waals surface area (Å²) < 4.78 is 36.5. The van der Waals surface area contributed by atoms with E-state index in [4.69, 9.17) is 14.3 Å². The van der Waals surface area contributed by atoms with Crippen molar-refractivity contribution in [2.24, 2.45) is 9.63 Å². The second-order valence-electron chi connectivity index (χ2n) is 4.64. The van der Waals surface area contributed by atoms with Crippen LogP contribution in [0.5, 0.6) is 11.8 Å². The van der Waals surface area contributed by atoms with E-state index in [1.54, 1.807) is 6.92 Å². The smallest absolute Gasteiger partial charge is 0.367 e. The summed E-state index contributed by atoms with van der Waals surface area (Å²) in [6, 6.07) is 0.344. The van der Waals surface area contributed by atoms with Gasteiger partial charge in [-0.3, -0.25) is 10.2 Å². The Balaban J connectivity index is 2.07. The van der Waals surface area contributed by atoms with Crippen LogP contribution in [-0.4, -0.2) is 67.3 Å². The molecule has 2 heterocycles. The van der Waals surface area contributed by atoms with Crippen LogP contribution < -0.4 is 14.8 Å². The maximum Gasteiger partial charge on any atom is 0.367 e. The Morgan fingerprint density at radius 1 is 1.38 bits per heavy atom. The van der Waals surface area contributed by atoms with Gasteiger partial charge in [0.1, 0.15) is 0 Å². The van der Waals surface area contributed by atoms with Crippen molar-refractivity contribution >= 4 is 33.8 Å². The summed E-state index contributed by atoms with van der Waals surface area (Å²) in [6.07, 6.45) is 0. The fourth-order valence-corrected chi connectivity index (χ4v) is 4.53. The first kappa shape index (κ1) is 20.3. The third kappa shape index (κ3) is 5.23. The first-order chi connectivity index (χ1) is 12.4. The van der Waals surface area contributed by atoms with Gasteiger partial charge >= 0.3 is 6.03 Å². The molecule has 0 aliphatic carbocycles. The Morgan fingerprint density at radius 2 is 2.04 bits per heavy atom. The van der Waals surface area contributed by atoms with Gasteiger partial charge in [0.25, 0.3) is 10.0 Å². The van der Waals surface area contributed by atoms with Crippen molar-refractivity contribution in [2.45, 2.75) is 11.6 Å². The molecule has 14 heteroatoms. The van der Waals surface area contributed by atoms with E-state index in [0.717, 1.165) is 11.8 Å². The molecular weight excluding hydrogens is 388 g/mol. The van der Waals surface area contributed by atoms with Gasteiger partial charge in [0.2, 0.25) is 22.4 Å². The van der Waals surface area contributed by atoms with Gasteiger partial charge in [-0.05, 0) is 6.92 Å². The van der Waals surface area contributed by atoms with E-state index in [0.29, 0.717) is 18.9 Å². The molecule has 2 amide bonds. The molecule has 0 radical (unpaired) electrons. The molecule has 26 heavy (non-hydrogen) atoms. The number of methoxy groups -OCH3 is 2. The lowest BCUT2D eigenvalue weighted by atomic mass is 10.6. The highest BCUT2D eigenvalue weighted by atomic mass is 32.3. The van der Waals surface area contributed by atoms with Gasteiger partial charge in [-0.2, -0.15) is 15.0 Å². The highest BCUT2D eigenvalue weighted by Crippen LogP contribution is 2.29. The van der Waals surface area contributed by atoms with Gasteiger partial charge in [0.05, 0.1) is 26.9 Å². The molecule has 1 N–H and O–H groups in total. The van der Waals surface area contributed by atoms with E-state index in [1.807, 2.05) is 0 Å². The molecular formula is C12H18N6O6S2. The molecule has 1 unspecified atom stereocenters. The standard InChI is InChI=1S/C12H18N6O6S2/c1-4-24-18-5-6-25-12(18)26(20,21)17-16-11(19)15-10-13-8(22-2)7-9(14-10)23-3/h7,12H,4-6H2,1-3H3,(H,13,14,15,19). The number of aromatic nitrogens is 2. The van der Waals surface area contributed by atoms with Crippen LogP contribution in [-0.2, 0) is 14.9 Å².